The van der Waals surface area contributed by atoms with Crippen LogP contribution in [0.2, 0.25) is 0 Å². The number of hydrogen-bond acceptors (Lipinski definition) is 4. The molecule has 0 atom stereocenters. The number of para-hydroxylation sites is 2. The zero-order valence-electron chi connectivity index (χ0n) is 12.8. The third-order valence-corrected chi connectivity index (χ3v) is 4.15. The normalized spacial score (nSPS) is 11.2. The van der Waals surface area contributed by atoms with Crippen LogP contribution in [0.1, 0.15) is 0 Å². The molecule has 0 bridgehead atoms. The average Bonchev–Trinajstić information content (AvgIpc) is 2.84. The lowest BCUT2D eigenvalue weighted by Gasteiger charge is -2.04. The van der Waals surface area contributed by atoms with Gasteiger partial charge in [0, 0.05) is 12.4 Å². The first-order valence-electron chi connectivity index (χ1n) is 7.16. The second kappa shape index (κ2) is 6.84. The molecule has 1 aromatic heterocycles. The minimum atomic E-state index is -0.543. The molecule has 0 radical (unpaired) electrons. The third kappa shape index (κ3) is 3.16. The molecule has 0 aliphatic rings. The van der Waals surface area contributed by atoms with Crippen molar-refractivity contribution in [1.82, 2.24) is 4.57 Å². The third-order valence-electron chi connectivity index (χ3n) is 3.50. The van der Waals surface area contributed by atoms with Gasteiger partial charge in [0.05, 0.1) is 9.99 Å². The van der Waals surface area contributed by atoms with Gasteiger partial charge in [0.25, 0.3) is 0 Å². The summed E-state index contributed by atoms with van der Waals surface area (Å²) in [5, 5.41) is 18.4. The molecule has 0 aliphatic heterocycles. The molecule has 1 N–H and O–H groups in total. The molecule has 122 valence electrons. The van der Waals surface area contributed by atoms with Gasteiger partial charge in [0.15, 0.2) is 12.3 Å². The predicted molar refractivity (Wildman–Crippen MR) is 93.7 cm³/mol. The molecule has 24 heavy (non-hydrogen) atoms. The van der Waals surface area contributed by atoms with E-state index in [0.717, 1.165) is 15.4 Å². The first-order valence-corrected chi connectivity index (χ1v) is 7.95. The maximum Gasteiger partial charge on any atom is 0.302 e. The molecule has 0 saturated carbocycles. The van der Waals surface area contributed by atoms with Gasteiger partial charge in [-0.15, -0.1) is 10.2 Å². The Morgan fingerprint density at radius 3 is 2.71 bits per heavy atom. The number of nitrogens with zero attached hydrogens (tertiary/aromatic N) is 3. The van der Waals surface area contributed by atoms with Crippen LogP contribution in [0.5, 0.6) is 11.6 Å². The van der Waals surface area contributed by atoms with Gasteiger partial charge in [-0.05, 0) is 34.1 Å². The fourth-order valence-electron chi connectivity index (χ4n) is 2.29. The lowest BCUT2D eigenvalue weighted by molar-refractivity contribution is -0.120. The number of aromatic hydroxyl groups is 1. The van der Waals surface area contributed by atoms with E-state index in [-0.39, 0.29) is 18.2 Å². The molecule has 2 aromatic carbocycles. The number of aromatic nitrogens is 1. The van der Waals surface area contributed by atoms with Crippen molar-refractivity contribution in [2.45, 2.75) is 0 Å². The fraction of sp³-hybridized carbons (Fsp3) is 0.118. The maximum atomic E-state index is 11.9. The van der Waals surface area contributed by atoms with Gasteiger partial charge in [-0.25, -0.2) is 0 Å². The Morgan fingerprint density at radius 1 is 1.21 bits per heavy atom. The number of hydrogen-bond donors (Lipinski definition) is 1. The van der Waals surface area contributed by atoms with Crippen molar-refractivity contribution in [3.63, 3.8) is 0 Å². The number of rotatable bonds is 4. The Hall–Kier alpha value is -2.67. The molecule has 6 nitrogen and oxygen atoms in total. The molecular formula is C17H14BrN3O3. The Balaban J connectivity index is 1.75. The minimum Gasteiger partial charge on any atom is -0.493 e. The molecule has 3 rings (SSSR count). The number of fused-ring (bicyclic) bond motifs is 1. The maximum absolute atomic E-state index is 11.9. The lowest BCUT2D eigenvalue weighted by atomic mass is 10.2. The number of benzene rings is 2. The van der Waals surface area contributed by atoms with Gasteiger partial charge < -0.3 is 14.4 Å². The van der Waals surface area contributed by atoms with E-state index in [1.54, 1.807) is 23.7 Å². The quantitative estimate of drug-likeness (QED) is 0.676. The smallest absolute Gasteiger partial charge is 0.302 e. The molecule has 0 fully saturated rings. The summed E-state index contributed by atoms with van der Waals surface area (Å²) < 4.78 is 7.73. The molecule has 0 aliphatic carbocycles. The Bertz CT molecular complexity index is 934. The molecule has 7 heteroatoms. The summed E-state index contributed by atoms with van der Waals surface area (Å²) in [5.41, 5.74) is 1.07. The van der Waals surface area contributed by atoms with Crippen LogP contribution in [-0.2, 0) is 11.8 Å². The van der Waals surface area contributed by atoms with E-state index < -0.39 is 5.91 Å². The predicted octanol–water partition coefficient (Wildman–Crippen LogP) is 4.34. The van der Waals surface area contributed by atoms with Crippen molar-refractivity contribution in [3.8, 4) is 11.6 Å². The van der Waals surface area contributed by atoms with E-state index in [9.17, 15) is 9.90 Å². The van der Waals surface area contributed by atoms with Gasteiger partial charge in [0.2, 0.25) is 5.88 Å². The summed E-state index contributed by atoms with van der Waals surface area (Å²) in [5.74, 6) is -0.0355. The summed E-state index contributed by atoms with van der Waals surface area (Å²) in [7, 11) is 1.72. The zero-order chi connectivity index (χ0) is 17.1. The lowest BCUT2D eigenvalue weighted by Crippen LogP contribution is -2.08. The molecule has 1 amide bonds. The second-order valence-electron chi connectivity index (χ2n) is 5.06. The Labute approximate surface area is 146 Å². The fourth-order valence-corrected chi connectivity index (χ4v) is 2.69. The van der Waals surface area contributed by atoms with Crippen molar-refractivity contribution in [1.29, 1.82) is 0 Å². The van der Waals surface area contributed by atoms with E-state index in [0.29, 0.717) is 5.75 Å². The summed E-state index contributed by atoms with van der Waals surface area (Å²) in [6.07, 6.45) is 0. The SMILES string of the molecule is Cn1c(O)c(N=NC(=O)COc2ccccc2Br)c2ccccc21. The van der Waals surface area contributed by atoms with Crippen LogP contribution in [0.25, 0.3) is 10.9 Å². The van der Waals surface area contributed by atoms with E-state index in [4.69, 9.17) is 4.74 Å². The number of ether oxygens (including phenoxy) is 1. The molecule has 0 unspecified atom stereocenters. The van der Waals surface area contributed by atoms with Crippen LogP contribution in [-0.4, -0.2) is 22.2 Å². The average molecular weight is 388 g/mol. The highest BCUT2D eigenvalue weighted by atomic mass is 79.9. The van der Waals surface area contributed by atoms with Crippen LogP contribution < -0.4 is 4.74 Å². The molecule has 3 aromatic rings. The van der Waals surface area contributed by atoms with Gasteiger partial charge >= 0.3 is 5.91 Å². The highest BCUT2D eigenvalue weighted by molar-refractivity contribution is 9.10. The van der Waals surface area contributed by atoms with E-state index in [2.05, 4.69) is 26.2 Å². The van der Waals surface area contributed by atoms with E-state index >= 15 is 0 Å². The Kier molecular flexibility index (Phi) is 4.61. The van der Waals surface area contributed by atoms with Crippen LogP contribution >= 0.6 is 15.9 Å². The van der Waals surface area contributed by atoms with Crippen LogP contribution in [0.4, 0.5) is 5.69 Å². The molecule has 0 saturated heterocycles. The summed E-state index contributed by atoms with van der Waals surface area (Å²) in [4.78, 5) is 11.9. The summed E-state index contributed by atoms with van der Waals surface area (Å²) >= 11 is 3.34. The van der Waals surface area contributed by atoms with Gasteiger partial charge in [0.1, 0.15) is 5.75 Å². The first kappa shape index (κ1) is 16.2. The first-order chi connectivity index (χ1) is 11.6. The Morgan fingerprint density at radius 2 is 1.92 bits per heavy atom. The van der Waals surface area contributed by atoms with E-state index in [1.165, 1.54) is 0 Å². The number of azo groups is 1. The van der Waals surface area contributed by atoms with Crippen LogP contribution in [0, 0.1) is 0 Å². The standard InChI is InChI=1S/C17H14BrN3O3/c1-21-13-8-4-2-6-11(13)16(17(21)23)20-19-15(22)10-24-14-9-5-3-7-12(14)18/h2-9,23H,10H2,1H3. The number of carbonyl (C=O) groups is 1. The zero-order valence-corrected chi connectivity index (χ0v) is 14.4. The van der Waals surface area contributed by atoms with Crippen LogP contribution in [0.3, 0.4) is 0 Å². The number of aryl methyl sites for hydroxylation is 1. The van der Waals surface area contributed by atoms with Crippen molar-refractivity contribution in [2.24, 2.45) is 17.3 Å². The number of halogens is 1. The summed E-state index contributed by atoms with van der Waals surface area (Å²) in [6, 6.07) is 14.6. The minimum absolute atomic E-state index is 0.0422. The van der Waals surface area contributed by atoms with Gasteiger partial charge in [-0.2, -0.15) is 0 Å². The van der Waals surface area contributed by atoms with Crippen molar-refractivity contribution in [3.05, 3.63) is 53.0 Å². The second-order valence-corrected chi connectivity index (χ2v) is 5.92. The van der Waals surface area contributed by atoms with Crippen LogP contribution in [0.15, 0.2) is 63.2 Å². The van der Waals surface area contributed by atoms with E-state index in [1.807, 2.05) is 36.4 Å². The largest absolute Gasteiger partial charge is 0.493 e. The topological polar surface area (TPSA) is 76.2 Å². The van der Waals surface area contributed by atoms with Gasteiger partial charge in [-0.1, -0.05) is 30.3 Å². The molecule has 0 spiro atoms. The van der Waals surface area contributed by atoms with Gasteiger partial charge in [-0.3, -0.25) is 4.79 Å². The monoisotopic (exact) mass is 387 g/mol. The van der Waals surface area contributed by atoms with Crippen molar-refractivity contribution >= 4 is 38.4 Å². The summed E-state index contributed by atoms with van der Waals surface area (Å²) in [6.45, 7) is -0.238. The highest BCUT2D eigenvalue weighted by Crippen LogP contribution is 2.37. The highest BCUT2D eigenvalue weighted by Gasteiger charge is 2.14. The van der Waals surface area contributed by atoms with Crippen molar-refractivity contribution in [2.75, 3.05) is 6.61 Å². The molecule has 1 heterocycles. The molecular weight excluding hydrogens is 374 g/mol. The van der Waals surface area contributed by atoms with Crippen molar-refractivity contribution < 1.29 is 14.6 Å². The number of carbonyl (C=O) groups excluding carboxylic acids is 1. The number of amides is 1.